The predicted molar refractivity (Wildman–Crippen MR) is 160 cm³/mol. The van der Waals surface area contributed by atoms with Gasteiger partial charge < -0.3 is 19.6 Å². The molecule has 1 aromatic heterocycles. The van der Waals surface area contributed by atoms with Crippen molar-refractivity contribution in [3.05, 3.63) is 117 Å². The minimum Gasteiger partial charge on any atom is -0.487 e. The zero-order valence-corrected chi connectivity index (χ0v) is 24.1. The number of ether oxygens (including phenoxy) is 1. The first-order valence-corrected chi connectivity index (χ1v) is 13.8. The van der Waals surface area contributed by atoms with Crippen molar-refractivity contribution in [1.82, 2.24) is 14.9 Å². The van der Waals surface area contributed by atoms with Crippen LogP contribution in [0.4, 0.5) is 5.95 Å². The average molecular weight is 594 g/mol. The number of aliphatic carboxylic acids is 1. The first kappa shape index (κ1) is 29.8. The molecular formula is C31H30Cl2N4O4. The number of carbonyl (C=O) groups excluding carboxylic acids is 1. The molecular weight excluding hydrogens is 563 g/mol. The summed E-state index contributed by atoms with van der Waals surface area (Å²) in [6, 6.07) is 24.1. The summed E-state index contributed by atoms with van der Waals surface area (Å²) in [6.07, 6.45) is 2.07. The van der Waals surface area contributed by atoms with Gasteiger partial charge in [0, 0.05) is 42.9 Å². The number of carboxylic acids is 1. The average Bonchev–Trinajstić information content (AvgIpc) is 2.98. The number of hydrogen-bond acceptors (Lipinski definition) is 6. The highest BCUT2D eigenvalue weighted by Gasteiger charge is 2.23. The maximum absolute atomic E-state index is 13.8. The number of amides is 1. The van der Waals surface area contributed by atoms with E-state index in [1.54, 1.807) is 48.5 Å². The molecule has 0 unspecified atom stereocenters. The maximum atomic E-state index is 13.8. The molecule has 4 rings (SSSR count). The number of carbonyl (C=O) groups is 2. The van der Waals surface area contributed by atoms with Crippen LogP contribution in [0, 0.1) is 0 Å². The van der Waals surface area contributed by atoms with E-state index in [0.29, 0.717) is 34.0 Å². The third-order valence-electron chi connectivity index (χ3n) is 6.36. The Hall–Kier alpha value is -4.14. The van der Waals surface area contributed by atoms with Crippen LogP contribution in [-0.4, -0.2) is 52.0 Å². The van der Waals surface area contributed by atoms with Crippen LogP contribution in [0.1, 0.15) is 33.6 Å². The standard InChI is InChI=1S/C31H30Cl2N4O4/c1-36(17-15-22-5-3-2-4-6-22)31-34-19-27(28(35-31)21-41-26-13-11-25(33)12-14-26)30(40)37(18-16-29(38)39)20-23-7-9-24(32)10-8-23/h2-14,19H,15-18,20-21H2,1H3,(H,38,39). The van der Waals surface area contributed by atoms with Crippen molar-refractivity contribution in [3.8, 4) is 5.75 Å². The Labute approximate surface area is 249 Å². The molecule has 0 saturated carbocycles. The molecule has 10 heteroatoms. The minimum atomic E-state index is -1.00. The lowest BCUT2D eigenvalue weighted by Gasteiger charge is -2.24. The van der Waals surface area contributed by atoms with Crippen LogP contribution in [0.2, 0.25) is 10.0 Å². The molecule has 0 aliphatic rings. The second kappa shape index (κ2) is 14.5. The van der Waals surface area contributed by atoms with Gasteiger partial charge in [0.05, 0.1) is 17.7 Å². The molecule has 0 atom stereocenters. The number of benzene rings is 3. The van der Waals surface area contributed by atoms with Gasteiger partial charge in [0.1, 0.15) is 12.4 Å². The number of rotatable bonds is 13. The lowest BCUT2D eigenvalue weighted by Crippen LogP contribution is -2.34. The lowest BCUT2D eigenvalue weighted by molar-refractivity contribution is -0.137. The number of halogens is 2. The fraction of sp³-hybridized carbons (Fsp3) is 0.226. The Balaban J connectivity index is 1.61. The van der Waals surface area contributed by atoms with Crippen LogP contribution >= 0.6 is 23.2 Å². The zero-order chi connectivity index (χ0) is 29.2. The Morgan fingerprint density at radius 3 is 2.20 bits per heavy atom. The SMILES string of the molecule is CN(CCc1ccccc1)c1ncc(C(=O)N(CCC(=O)O)Cc2ccc(Cl)cc2)c(COc2ccc(Cl)cc2)n1. The molecule has 0 aliphatic carbocycles. The maximum Gasteiger partial charge on any atom is 0.305 e. The predicted octanol–water partition coefficient (Wildman–Crippen LogP) is 6.16. The molecule has 0 radical (unpaired) electrons. The summed E-state index contributed by atoms with van der Waals surface area (Å²) in [7, 11) is 1.89. The number of aromatic nitrogens is 2. The number of carboxylic acid groups (broad SMARTS) is 1. The van der Waals surface area contributed by atoms with Gasteiger partial charge in [-0.25, -0.2) is 9.97 Å². The van der Waals surface area contributed by atoms with Gasteiger partial charge >= 0.3 is 5.97 Å². The summed E-state index contributed by atoms with van der Waals surface area (Å²) in [4.78, 5) is 37.8. The molecule has 0 saturated heterocycles. The van der Waals surface area contributed by atoms with Gasteiger partial charge in [0.25, 0.3) is 5.91 Å². The van der Waals surface area contributed by atoms with E-state index in [1.165, 1.54) is 16.7 Å². The molecule has 3 aromatic carbocycles. The number of nitrogens with zero attached hydrogens (tertiary/aromatic N) is 4. The van der Waals surface area contributed by atoms with Gasteiger partial charge in [0.15, 0.2) is 0 Å². The normalized spacial score (nSPS) is 10.7. The number of likely N-dealkylation sites (N-methyl/N-ethyl adjacent to an activating group) is 1. The molecule has 1 N–H and O–H groups in total. The summed E-state index contributed by atoms with van der Waals surface area (Å²) in [5, 5.41) is 10.5. The fourth-order valence-corrected chi connectivity index (χ4v) is 4.32. The third kappa shape index (κ3) is 8.93. The molecule has 0 spiro atoms. The number of anilines is 1. The Kier molecular flexibility index (Phi) is 10.5. The van der Waals surface area contributed by atoms with Crippen LogP contribution in [0.5, 0.6) is 5.75 Å². The smallest absolute Gasteiger partial charge is 0.305 e. The molecule has 8 nitrogen and oxygen atoms in total. The Morgan fingerprint density at radius 1 is 0.878 bits per heavy atom. The van der Waals surface area contributed by atoms with E-state index < -0.39 is 11.9 Å². The molecule has 0 bridgehead atoms. The van der Waals surface area contributed by atoms with E-state index in [1.807, 2.05) is 30.1 Å². The van der Waals surface area contributed by atoms with Crippen molar-refractivity contribution < 1.29 is 19.4 Å². The zero-order valence-electron chi connectivity index (χ0n) is 22.5. The topological polar surface area (TPSA) is 95.9 Å². The molecule has 41 heavy (non-hydrogen) atoms. The van der Waals surface area contributed by atoms with E-state index in [9.17, 15) is 14.7 Å². The van der Waals surface area contributed by atoms with Crippen molar-refractivity contribution >= 4 is 41.0 Å². The van der Waals surface area contributed by atoms with Crippen molar-refractivity contribution in [1.29, 1.82) is 0 Å². The third-order valence-corrected chi connectivity index (χ3v) is 6.87. The van der Waals surface area contributed by atoms with Gasteiger partial charge in [-0.05, 0) is 53.9 Å². The van der Waals surface area contributed by atoms with Gasteiger partial charge in [-0.2, -0.15) is 0 Å². The van der Waals surface area contributed by atoms with Crippen LogP contribution in [0.15, 0.2) is 85.1 Å². The van der Waals surface area contributed by atoms with E-state index >= 15 is 0 Å². The van der Waals surface area contributed by atoms with Gasteiger partial charge in [-0.3, -0.25) is 9.59 Å². The monoisotopic (exact) mass is 592 g/mol. The summed E-state index contributed by atoms with van der Waals surface area (Å²) in [5.41, 5.74) is 2.62. The summed E-state index contributed by atoms with van der Waals surface area (Å²) >= 11 is 12.0. The van der Waals surface area contributed by atoms with Crippen LogP contribution in [-0.2, 0) is 24.4 Å². The summed E-state index contributed by atoms with van der Waals surface area (Å²) in [5.74, 6) is -0.387. The molecule has 1 amide bonds. The van der Waals surface area contributed by atoms with Crippen molar-refractivity contribution in [2.75, 3.05) is 25.0 Å². The van der Waals surface area contributed by atoms with E-state index in [0.717, 1.165) is 12.0 Å². The molecule has 1 heterocycles. The number of hydrogen-bond donors (Lipinski definition) is 1. The molecule has 0 fully saturated rings. The van der Waals surface area contributed by atoms with Gasteiger partial charge in [-0.15, -0.1) is 0 Å². The van der Waals surface area contributed by atoms with Gasteiger partial charge in [0.2, 0.25) is 5.95 Å². The highest BCUT2D eigenvalue weighted by molar-refractivity contribution is 6.30. The first-order valence-electron chi connectivity index (χ1n) is 13.0. The quantitative estimate of drug-likeness (QED) is 0.198. The fourth-order valence-electron chi connectivity index (χ4n) is 4.07. The lowest BCUT2D eigenvalue weighted by atomic mass is 10.1. The largest absolute Gasteiger partial charge is 0.487 e. The van der Waals surface area contributed by atoms with E-state index in [4.69, 9.17) is 32.9 Å². The Morgan fingerprint density at radius 2 is 1.54 bits per heavy atom. The van der Waals surface area contributed by atoms with Crippen LogP contribution < -0.4 is 9.64 Å². The second-order valence-corrected chi connectivity index (χ2v) is 10.3. The van der Waals surface area contributed by atoms with Gasteiger partial charge in [-0.1, -0.05) is 65.7 Å². The first-order chi connectivity index (χ1) is 19.8. The van der Waals surface area contributed by atoms with Crippen molar-refractivity contribution in [3.63, 3.8) is 0 Å². The van der Waals surface area contributed by atoms with Crippen molar-refractivity contribution in [2.45, 2.75) is 26.0 Å². The molecule has 212 valence electrons. The highest BCUT2D eigenvalue weighted by Crippen LogP contribution is 2.21. The molecule has 0 aliphatic heterocycles. The van der Waals surface area contributed by atoms with Crippen molar-refractivity contribution in [2.24, 2.45) is 0 Å². The summed E-state index contributed by atoms with van der Waals surface area (Å²) < 4.78 is 5.96. The van der Waals surface area contributed by atoms with Crippen LogP contribution in [0.3, 0.4) is 0 Å². The second-order valence-electron chi connectivity index (χ2n) is 9.43. The minimum absolute atomic E-state index is 0.00152. The Bertz CT molecular complexity index is 1450. The van der Waals surface area contributed by atoms with Crippen LogP contribution in [0.25, 0.3) is 0 Å². The van der Waals surface area contributed by atoms with E-state index in [-0.39, 0.29) is 31.7 Å². The molecule has 4 aromatic rings. The van der Waals surface area contributed by atoms with E-state index in [2.05, 4.69) is 17.1 Å². The highest BCUT2D eigenvalue weighted by atomic mass is 35.5. The summed E-state index contributed by atoms with van der Waals surface area (Å²) in [6.45, 7) is 0.862.